The third kappa shape index (κ3) is 2.20. The molecular formula is C11H13N3OS. The number of nitrogens with zero attached hydrogens (tertiary/aromatic N) is 2. The Kier molecular flexibility index (Phi) is 3.17. The number of aryl methyl sites for hydroxylation is 1. The van der Waals surface area contributed by atoms with E-state index < -0.39 is 0 Å². The minimum Gasteiger partial charge on any atom is -0.384 e. The Labute approximate surface area is 98.1 Å². The summed E-state index contributed by atoms with van der Waals surface area (Å²) in [7, 11) is 1.61. The topological polar surface area (TPSA) is 61.0 Å². The van der Waals surface area contributed by atoms with Crippen molar-refractivity contribution in [3.8, 4) is 10.6 Å². The standard InChI is InChI=1S/C11H13N3OS/c1-7-3-4-16-11(7)8-5-9(12)14-10(13-8)6-15-2/h3-5H,6H2,1-2H3,(H2,12,13,14). The number of hydrogen-bond donors (Lipinski definition) is 1. The maximum atomic E-state index is 5.74. The van der Waals surface area contributed by atoms with E-state index in [0.29, 0.717) is 18.2 Å². The van der Waals surface area contributed by atoms with Gasteiger partial charge in [-0.25, -0.2) is 9.97 Å². The molecule has 0 spiro atoms. The van der Waals surface area contributed by atoms with Crippen molar-refractivity contribution in [3.05, 3.63) is 28.9 Å². The number of nitrogen functional groups attached to an aromatic ring is 1. The van der Waals surface area contributed by atoms with Crippen molar-refractivity contribution in [1.29, 1.82) is 0 Å². The van der Waals surface area contributed by atoms with Crippen LogP contribution in [0.3, 0.4) is 0 Å². The van der Waals surface area contributed by atoms with E-state index in [4.69, 9.17) is 10.5 Å². The summed E-state index contributed by atoms with van der Waals surface area (Å²) in [6.07, 6.45) is 0. The second-order valence-electron chi connectivity index (χ2n) is 3.46. The average Bonchev–Trinajstić information content (AvgIpc) is 2.64. The SMILES string of the molecule is COCc1nc(N)cc(-c2sccc2C)n1. The lowest BCUT2D eigenvalue weighted by atomic mass is 10.2. The van der Waals surface area contributed by atoms with E-state index in [0.717, 1.165) is 10.6 Å². The minimum atomic E-state index is 0.377. The maximum Gasteiger partial charge on any atom is 0.157 e. The van der Waals surface area contributed by atoms with Gasteiger partial charge in [-0.05, 0) is 23.9 Å². The highest BCUT2D eigenvalue weighted by Gasteiger charge is 2.08. The van der Waals surface area contributed by atoms with Gasteiger partial charge in [-0.3, -0.25) is 0 Å². The average molecular weight is 235 g/mol. The smallest absolute Gasteiger partial charge is 0.157 e. The molecule has 16 heavy (non-hydrogen) atoms. The third-order valence-electron chi connectivity index (χ3n) is 2.16. The van der Waals surface area contributed by atoms with Crippen molar-refractivity contribution in [2.45, 2.75) is 13.5 Å². The van der Waals surface area contributed by atoms with E-state index in [1.165, 1.54) is 5.56 Å². The van der Waals surface area contributed by atoms with Crippen LogP contribution in [0.15, 0.2) is 17.5 Å². The van der Waals surface area contributed by atoms with Gasteiger partial charge in [0.25, 0.3) is 0 Å². The van der Waals surface area contributed by atoms with Gasteiger partial charge < -0.3 is 10.5 Å². The molecule has 2 rings (SSSR count). The van der Waals surface area contributed by atoms with Gasteiger partial charge in [-0.1, -0.05) is 0 Å². The monoisotopic (exact) mass is 235 g/mol. The van der Waals surface area contributed by atoms with Gasteiger partial charge in [0.2, 0.25) is 0 Å². The van der Waals surface area contributed by atoms with Crippen molar-refractivity contribution in [2.75, 3.05) is 12.8 Å². The van der Waals surface area contributed by atoms with Crippen LogP contribution in [-0.2, 0) is 11.3 Å². The van der Waals surface area contributed by atoms with Crippen molar-refractivity contribution in [2.24, 2.45) is 0 Å². The van der Waals surface area contributed by atoms with E-state index in [-0.39, 0.29) is 0 Å². The second-order valence-corrected chi connectivity index (χ2v) is 4.38. The zero-order chi connectivity index (χ0) is 11.5. The van der Waals surface area contributed by atoms with Crippen LogP contribution < -0.4 is 5.73 Å². The molecule has 0 aliphatic carbocycles. The molecule has 0 atom stereocenters. The highest BCUT2D eigenvalue weighted by Crippen LogP contribution is 2.28. The lowest BCUT2D eigenvalue weighted by Crippen LogP contribution is -2.02. The predicted octanol–water partition coefficient (Wildman–Crippen LogP) is 2.24. The largest absolute Gasteiger partial charge is 0.384 e. The van der Waals surface area contributed by atoms with Crippen molar-refractivity contribution in [1.82, 2.24) is 9.97 Å². The normalized spacial score (nSPS) is 10.6. The minimum absolute atomic E-state index is 0.377. The van der Waals surface area contributed by atoms with Crippen LogP contribution in [-0.4, -0.2) is 17.1 Å². The molecule has 4 nitrogen and oxygen atoms in total. The van der Waals surface area contributed by atoms with Gasteiger partial charge in [0, 0.05) is 13.2 Å². The number of rotatable bonds is 3. The summed E-state index contributed by atoms with van der Waals surface area (Å²) in [6.45, 7) is 2.43. The summed E-state index contributed by atoms with van der Waals surface area (Å²) in [5.41, 5.74) is 7.81. The first-order valence-electron chi connectivity index (χ1n) is 4.87. The Balaban J connectivity index is 2.45. The van der Waals surface area contributed by atoms with Crippen LogP contribution >= 0.6 is 11.3 Å². The summed E-state index contributed by atoms with van der Waals surface area (Å²) >= 11 is 1.65. The number of hydrogen-bond acceptors (Lipinski definition) is 5. The van der Waals surface area contributed by atoms with Gasteiger partial charge in [-0.15, -0.1) is 11.3 Å². The molecule has 0 saturated carbocycles. The van der Waals surface area contributed by atoms with E-state index in [1.54, 1.807) is 24.5 Å². The number of ether oxygens (including phenoxy) is 1. The molecule has 5 heteroatoms. The van der Waals surface area contributed by atoms with Crippen LogP contribution in [0.25, 0.3) is 10.6 Å². The van der Waals surface area contributed by atoms with Crippen LogP contribution in [0.5, 0.6) is 0 Å². The number of methoxy groups -OCH3 is 1. The zero-order valence-electron chi connectivity index (χ0n) is 9.23. The van der Waals surface area contributed by atoms with Gasteiger partial charge >= 0.3 is 0 Å². The van der Waals surface area contributed by atoms with Crippen LogP contribution in [0.4, 0.5) is 5.82 Å². The van der Waals surface area contributed by atoms with Crippen LogP contribution in [0.2, 0.25) is 0 Å². The zero-order valence-corrected chi connectivity index (χ0v) is 10.0. The molecule has 2 N–H and O–H groups in total. The fourth-order valence-electron chi connectivity index (χ4n) is 1.46. The van der Waals surface area contributed by atoms with Crippen molar-refractivity contribution >= 4 is 17.2 Å². The Morgan fingerprint density at radius 3 is 2.88 bits per heavy atom. The fraction of sp³-hybridized carbons (Fsp3) is 0.273. The first-order chi connectivity index (χ1) is 7.70. The van der Waals surface area contributed by atoms with E-state index in [1.807, 2.05) is 5.38 Å². The molecule has 0 amide bonds. The number of thiophene rings is 1. The van der Waals surface area contributed by atoms with E-state index in [2.05, 4.69) is 23.0 Å². The van der Waals surface area contributed by atoms with Crippen molar-refractivity contribution in [3.63, 3.8) is 0 Å². The molecule has 2 aromatic heterocycles. The quantitative estimate of drug-likeness (QED) is 0.886. The Hall–Kier alpha value is -1.46. The lowest BCUT2D eigenvalue weighted by molar-refractivity contribution is 0.178. The van der Waals surface area contributed by atoms with Crippen molar-refractivity contribution < 1.29 is 4.74 Å². The lowest BCUT2D eigenvalue weighted by Gasteiger charge is -2.04. The summed E-state index contributed by atoms with van der Waals surface area (Å²) in [5.74, 6) is 1.09. The summed E-state index contributed by atoms with van der Waals surface area (Å²) in [4.78, 5) is 9.66. The molecule has 2 heterocycles. The number of anilines is 1. The highest BCUT2D eigenvalue weighted by molar-refractivity contribution is 7.13. The predicted molar refractivity (Wildman–Crippen MR) is 65.2 cm³/mol. The molecule has 0 aliphatic heterocycles. The molecular weight excluding hydrogens is 222 g/mol. The molecule has 0 bridgehead atoms. The van der Waals surface area contributed by atoms with Gasteiger partial charge in [0.05, 0.1) is 10.6 Å². The van der Waals surface area contributed by atoms with Crippen LogP contribution in [0.1, 0.15) is 11.4 Å². The Bertz CT molecular complexity index is 496. The van der Waals surface area contributed by atoms with Gasteiger partial charge in [-0.2, -0.15) is 0 Å². The molecule has 2 aromatic rings. The fourth-order valence-corrected chi connectivity index (χ4v) is 2.35. The Morgan fingerprint density at radius 1 is 1.44 bits per heavy atom. The number of nitrogens with two attached hydrogens (primary N) is 1. The molecule has 0 aliphatic rings. The molecule has 0 saturated heterocycles. The third-order valence-corrected chi connectivity index (χ3v) is 3.20. The first kappa shape index (κ1) is 11.0. The molecule has 84 valence electrons. The summed E-state index contributed by atoms with van der Waals surface area (Å²) in [5, 5.41) is 2.04. The first-order valence-corrected chi connectivity index (χ1v) is 5.75. The summed E-state index contributed by atoms with van der Waals surface area (Å²) in [6, 6.07) is 3.85. The maximum absolute atomic E-state index is 5.74. The van der Waals surface area contributed by atoms with Crippen LogP contribution in [0, 0.1) is 6.92 Å². The number of aromatic nitrogens is 2. The summed E-state index contributed by atoms with van der Waals surface area (Å²) < 4.78 is 5.01. The van der Waals surface area contributed by atoms with E-state index >= 15 is 0 Å². The molecule has 0 aromatic carbocycles. The molecule has 0 radical (unpaired) electrons. The molecule has 0 unspecified atom stereocenters. The van der Waals surface area contributed by atoms with Gasteiger partial charge in [0.1, 0.15) is 12.4 Å². The highest BCUT2D eigenvalue weighted by atomic mass is 32.1. The second kappa shape index (κ2) is 4.59. The van der Waals surface area contributed by atoms with E-state index in [9.17, 15) is 0 Å². The Morgan fingerprint density at radius 2 is 2.25 bits per heavy atom. The molecule has 0 fully saturated rings. The van der Waals surface area contributed by atoms with Gasteiger partial charge in [0.15, 0.2) is 5.82 Å².